The highest BCUT2D eigenvalue weighted by atomic mass is 35.5. The van der Waals surface area contributed by atoms with E-state index in [0.717, 1.165) is 11.6 Å². The quantitative estimate of drug-likeness (QED) is 0.626. The van der Waals surface area contributed by atoms with Crippen LogP contribution in [-0.2, 0) is 22.6 Å². The number of nitrogens with zero attached hydrogens (tertiary/aromatic N) is 2. The molecular formula is C23H20ClFN4O3. The highest BCUT2D eigenvalue weighted by Crippen LogP contribution is 2.32. The number of amides is 2. The van der Waals surface area contributed by atoms with Gasteiger partial charge in [0.1, 0.15) is 5.82 Å². The smallest absolute Gasteiger partial charge is 0.253 e. The number of rotatable bonds is 4. The molecule has 0 radical (unpaired) electrons. The van der Waals surface area contributed by atoms with Crippen molar-refractivity contribution < 1.29 is 14.0 Å². The van der Waals surface area contributed by atoms with Crippen LogP contribution in [0.15, 0.2) is 53.3 Å². The average molecular weight is 455 g/mol. The summed E-state index contributed by atoms with van der Waals surface area (Å²) < 4.78 is 15.0. The van der Waals surface area contributed by atoms with E-state index in [-0.39, 0.29) is 35.4 Å². The van der Waals surface area contributed by atoms with Gasteiger partial charge in [-0.15, -0.1) is 0 Å². The maximum absolute atomic E-state index is 13.4. The van der Waals surface area contributed by atoms with Gasteiger partial charge in [0.15, 0.2) is 0 Å². The second-order valence-corrected chi connectivity index (χ2v) is 7.95. The molecule has 0 aliphatic carbocycles. The molecule has 1 aromatic heterocycles. The molecule has 0 fully saturated rings. The zero-order valence-corrected chi connectivity index (χ0v) is 18.2. The molecule has 2 amide bonds. The number of hydrogen-bond donors (Lipinski definition) is 2. The van der Waals surface area contributed by atoms with Crippen molar-refractivity contribution in [2.24, 2.45) is 0 Å². The zero-order valence-electron chi connectivity index (χ0n) is 17.4. The molecule has 0 saturated carbocycles. The molecule has 164 valence electrons. The number of carbonyl (C=O) groups excluding carboxylic acids is 2. The van der Waals surface area contributed by atoms with Gasteiger partial charge in [-0.25, -0.2) is 9.40 Å². The van der Waals surface area contributed by atoms with Crippen LogP contribution in [0.3, 0.4) is 0 Å². The summed E-state index contributed by atoms with van der Waals surface area (Å²) in [5.74, 6) is -0.975. The molecule has 2 N–H and O–H groups in total. The van der Waals surface area contributed by atoms with E-state index in [4.69, 9.17) is 11.6 Å². The van der Waals surface area contributed by atoms with Gasteiger partial charge in [0.05, 0.1) is 29.4 Å². The second kappa shape index (κ2) is 8.47. The first-order valence-electron chi connectivity index (χ1n) is 9.87. The molecule has 4 rings (SSSR count). The predicted octanol–water partition coefficient (Wildman–Crippen LogP) is 3.87. The lowest BCUT2D eigenvalue weighted by Crippen LogP contribution is -2.43. The lowest BCUT2D eigenvalue weighted by Gasteiger charge is -2.32. The Morgan fingerprint density at radius 1 is 1.19 bits per heavy atom. The number of hydrazine groups is 1. The second-order valence-electron chi connectivity index (χ2n) is 7.54. The minimum absolute atomic E-state index is 0.0497. The number of halogens is 2. The largest absolute Gasteiger partial charge is 0.326 e. The van der Waals surface area contributed by atoms with Gasteiger partial charge in [0.25, 0.3) is 5.56 Å². The van der Waals surface area contributed by atoms with E-state index in [2.05, 4.69) is 10.7 Å². The molecule has 3 aromatic rings. The summed E-state index contributed by atoms with van der Waals surface area (Å²) in [6.45, 7) is 3.50. The van der Waals surface area contributed by atoms with Gasteiger partial charge < -0.3 is 9.88 Å². The zero-order chi connectivity index (χ0) is 23.0. The fourth-order valence-electron chi connectivity index (χ4n) is 3.73. The molecule has 32 heavy (non-hydrogen) atoms. The summed E-state index contributed by atoms with van der Waals surface area (Å²) in [7, 11) is 0. The van der Waals surface area contributed by atoms with Crippen LogP contribution in [-0.4, -0.2) is 16.4 Å². The van der Waals surface area contributed by atoms with E-state index >= 15 is 0 Å². The van der Waals surface area contributed by atoms with E-state index in [1.165, 1.54) is 30.1 Å². The summed E-state index contributed by atoms with van der Waals surface area (Å²) in [5, 5.41) is 4.03. The number of carbonyl (C=O) groups is 2. The van der Waals surface area contributed by atoms with Gasteiger partial charge in [-0.2, -0.15) is 0 Å². The van der Waals surface area contributed by atoms with Crippen molar-refractivity contribution in [2.45, 2.75) is 26.8 Å². The Bertz CT molecular complexity index is 1300. The predicted molar refractivity (Wildman–Crippen MR) is 122 cm³/mol. The molecule has 0 saturated heterocycles. The maximum Gasteiger partial charge on any atom is 0.253 e. The standard InChI is InChI=1S/C23H20ClFN4O3/c1-13-18-10-23(32)29(21-7-6-16(25)9-19(21)24)27-20(18)11-22(31)28(13)12-15-4-3-5-17(8-15)26-14(2)30/h3-9,11,27H,10,12H2,1-2H3,(H,26,30). The van der Waals surface area contributed by atoms with Gasteiger partial charge in [-0.3, -0.25) is 19.8 Å². The molecule has 0 atom stereocenters. The fraction of sp³-hybridized carbons (Fsp3) is 0.174. The molecule has 0 bridgehead atoms. The number of nitrogens with one attached hydrogen (secondary N) is 2. The lowest BCUT2D eigenvalue weighted by atomic mass is 10.0. The first-order valence-corrected chi connectivity index (χ1v) is 10.2. The van der Waals surface area contributed by atoms with Crippen LogP contribution in [0.4, 0.5) is 21.5 Å². The molecule has 0 spiro atoms. The number of fused-ring (bicyclic) bond motifs is 1. The van der Waals surface area contributed by atoms with E-state index in [9.17, 15) is 18.8 Å². The normalized spacial score (nSPS) is 12.9. The highest BCUT2D eigenvalue weighted by Gasteiger charge is 2.28. The SMILES string of the molecule is CC(=O)Nc1cccc(Cn2c(C)c3c(cc2=O)NN(c2ccc(F)cc2Cl)C(=O)C3)c1. The molecular weight excluding hydrogens is 435 g/mol. The molecule has 7 nitrogen and oxygen atoms in total. The Balaban J connectivity index is 1.67. The van der Waals surface area contributed by atoms with Crippen molar-refractivity contribution in [3.05, 3.63) is 86.5 Å². The van der Waals surface area contributed by atoms with Gasteiger partial charge in [0, 0.05) is 29.9 Å². The maximum atomic E-state index is 13.4. The van der Waals surface area contributed by atoms with Crippen LogP contribution in [0.25, 0.3) is 0 Å². The third-order valence-electron chi connectivity index (χ3n) is 5.25. The van der Waals surface area contributed by atoms with Crippen molar-refractivity contribution in [3.8, 4) is 0 Å². The van der Waals surface area contributed by atoms with Crippen LogP contribution >= 0.6 is 11.6 Å². The van der Waals surface area contributed by atoms with Crippen LogP contribution in [0, 0.1) is 12.7 Å². The number of pyridine rings is 1. The Morgan fingerprint density at radius 2 is 1.97 bits per heavy atom. The number of anilines is 3. The van der Waals surface area contributed by atoms with Crippen LogP contribution < -0.4 is 21.3 Å². The summed E-state index contributed by atoms with van der Waals surface area (Å²) in [4.78, 5) is 37.0. The van der Waals surface area contributed by atoms with Crippen LogP contribution in [0.1, 0.15) is 23.7 Å². The topological polar surface area (TPSA) is 83.4 Å². The van der Waals surface area contributed by atoms with E-state index in [0.29, 0.717) is 28.3 Å². The molecule has 2 aromatic carbocycles. The summed E-state index contributed by atoms with van der Waals surface area (Å²) in [6.07, 6.45) is 0.0497. The molecule has 9 heteroatoms. The van der Waals surface area contributed by atoms with Crippen molar-refractivity contribution in [2.75, 3.05) is 15.8 Å². The highest BCUT2D eigenvalue weighted by molar-refractivity contribution is 6.34. The minimum atomic E-state index is -0.509. The Morgan fingerprint density at radius 3 is 2.69 bits per heavy atom. The van der Waals surface area contributed by atoms with Crippen LogP contribution in [0.5, 0.6) is 0 Å². The van der Waals surface area contributed by atoms with E-state index in [1.54, 1.807) is 29.7 Å². The van der Waals surface area contributed by atoms with Gasteiger partial charge in [-0.05, 0) is 42.8 Å². The summed E-state index contributed by atoms with van der Waals surface area (Å²) in [6, 6.07) is 12.4. The molecule has 0 unspecified atom stereocenters. The minimum Gasteiger partial charge on any atom is -0.326 e. The molecule has 2 heterocycles. The third-order valence-corrected chi connectivity index (χ3v) is 5.55. The van der Waals surface area contributed by atoms with E-state index in [1.807, 2.05) is 6.07 Å². The number of benzene rings is 2. The van der Waals surface area contributed by atoms with Crippen molar-refractivity contribution in [1.82, 2.24) is 4.57 Å². The van der Waals surface area contributed by atoms with Gasteiger partial charge >= 0.3 is 0 Å². The third kappa shape index (κ3) is 4.22. The first-order chi connectivity index (χ1) is 15.2. The Labute approximate surface area is 188 Å². The van der Waals surface area contributed by atoms with Crippen molar-refractivity contribution in [3.63, 3.8) is 0 Å². The Hall–Kier alpha value is -3.65. The van der Waals surface area contributed by atoms with E-state index < -0.39 is 5.82 Å². The van der Waals surface area contributed by atoms with Crippen molar-refractivity contribution in [1.29, 1.82) is 0 Å². The lowest BCUT2D eigenvalue weighted by molar-refractivity contribution is -0.118. The average Bonchev–Trinajstić information content (AvgIpc) is 2.72. The Kier molecular flexibility index (Phi) is 5.71. The van der Waals surface area contributed by atoms with Gasteiger partial charge in [0.2, 0.25) is 11.8 Å². The first kappa shape index (κ1) is 21.6. The fourth-order valence-corrected chi connectivity index (χ4v) is 3.99. The molecule has 1 aliphatic heterocycles. The van der Waals surface area contributed by atoms with Crippen LogP contribution in [0.2, 0.25) is 5.02 Å². The van der Waals surface area contributed by atoms with Gasteiger partial charge in [-0.1, -0.05) is 23.7 Å². The van der Waals surface area contributed by atoms with Crippen molar-refractivity contribution >= 4 is 40.5 Å². The monoisotopic (exact) mass is 454 g/mol. The number of hydrogen-bond acceptors (Lipinski definition) is 4. The summed E-state index contributed by atoms with van der Waals surface area (Å²) >= 11 is 6.11. The number of aromatic nitrogens is 1. The molecule has 1 aliphatic rings. The summed E-state index contributed by atoms with van der Waals surface area (Å²) in [5.41, 5.74) is 6.32.